The van der Waals surface area contributed by atoms with Crippen LogP contribution in [0.15, 0.2) is 52.2 Å². The Hall–Kier alpha value is -3.16. The zero-order chi connectivity index (χ0) is 19.4. The van der Waals surface area contributed by atoms with Crippen LogP contribution in [-0.4, -0.2) is 44.1 Å². The number of carbonyl (C=O) groups excluding carboxylic acids is 1. The molecule has 1 atom stereocenters. The van der Waals surface area contributed by atoms with Crippen molar-refractivity contribution < 1.29 is 14.7 Å². The van der Waals surface area contributed by atoms with Crippen molar-refractivity contribution in [3.8, 4) is 0 Å². The number of carboxylic acids is 1. The number of carboxylic acid groups (broad SMARTS) is 1. The zero-order valence-corrected chi connectivity index (χ0v) is 14.8. The highest BCUT2D eigenvalue weighted by molar-refractivity contribution is 5.77. The fourth-order valence-corrected chi connectivity index (χ4v) is 3.24. The molecule has 1 aliphatic rings. The maximum atomic E-state index is 12.6. The van der Waals surface area contributed by atoms with Crippen molar-refractivity contribution >= 4 is 11.9 Å². The van der Waals surface area contributed by atoms with Crippen LogP contribution in [0.3, 0.4) is 0 Å². The summed E-state index contributed by atoms with van der Waals surface area (Å²) in [5, 5.41) is 9.15. The van der Waals surface area contributed by atoms with E-state index in [1.807, 2.05) is 30.3 Å². The van der Waals surface area contributed by atoms with Gasteiger partial charge in [0.05, 0.1) is 12.5 Å². The number of carbonyl (C=O) groups is 2. The SMILES string of the molecule is O=C(O)[C@@H]1CCCN(C(=O)Cn2c(=O)ccn(Cc3ccccc3)c2=O)C1. The topological polar surface area (TPSA) is 102 Å². The molecule has 0 unspecified atom stereocenters. The number of rotatable bonds is 5. The first-order valence-electron chi connectivity index (χ1n) is 8.80. The van der Waals surface area contributed by atoms with Crippen LogP contribution in [0.5, 0.6) is 0 Å². The molecule has 0 bridgehead atoms. The predicted octanol–water partition coefficient (Wildman–Crippen LogP) is 0.381. The number of nitrogens with zero attached hydrogens (tertiary/aromatic N) is 3. The summed E-state index contributed by atoms with van der Waals surface area (Å²) in [5.74, 6) is -1.96. The summed E-state index contributed by atoms with van der Waals surface area (Å²) in [6.45, 7) is 0.439. The van der Waals surface area contributed by atoms with Crippen LogP contribution in [0.4, 0.5) is 0 Å². The summed E-state index contributed by atoms with van der Waals surface area (Å²) in [6, 6.07) is 10.6. The van der Waals surface area contributed by atoms with Crippen LogP contribution in [-0.2, 0) is 22.7 Å². The Morgan fingerprint density at radius 1 is 1.11 bits per heavy atom. The van der Waals surface area contributed by atoms with Gasteiger partial charge in [-0.1, -0.05) is 30.3 Å². The molecule has 27 heavy (non-hydrogen) atoms. The molecule has 0 radical (unpaired) electrons. The van der Waals surface area contributed by atoms with Gasteiger partial charge in [-0.05, 0) is 18.4 Å². The highest BCUT2D eigenvalue weighted by atomic mass is 16.4. The molecule has 0 saturated carbocycles. The molecule has 2 heterocycles. The molecule has 0 aliphatic carbocycles. The van der Waals surface area contributed by atoms with Crippen molar-refractivity contribution in [3.05, 3.63) is 69.0 Å². The van der Waals surface area contributed by atoms with Crippen molar-refractivity contribution in [1.29, 1.82) is 0 Å². The van der Waals surface area contributed by atoms with Gasteiger partial charge in [-0.15, -0.1) is 0 Å². The first-order valence-corrected chi connectivity index (χ1v) is 8.80. The van der Waals surface area contributed by atoms with Crippen LogP contribution >= 0.6 is 0 Å². The van der Waals surface area contributed by atoms with Crippen molar-refractivity contribution in [2.24, 2.45) is 5.92 Å². The van der Waals surface area contributed by atoms with E-state index in [-0.39, 0.29) is 13.1 Å². The van der Waals surface area contributed by atoms with E-state index in [1.165, 1.54) is 21.7 Å². The second kappa shape index (κ2) is 8.03. The van der Waals surface area contributed by atoms with Crippen LogP contribution in [0.25, 0.3) is 0 Å². The molecular weight excluding hydrogens is 350 g/mol. The summed E-state index contributed by atoms with van der Waals surface area (Å²) in [4.78, 5) is 49.9. The second-order valence-corrected chi connectivity index (χ2v) is 6.65. The molecule has 3 rings (SSSR count). The molecule has 1 N–H and O–H groups in total. The molecule has 8 heteroatoms. The van der Waals surface area contributed by atoms with E-state index >= 15 is 0 Å². The maximum absolute atomic E-state index is 12.6. The van der Waals surface area contributed by atoms with Crippen LogP contribution < -0.4 is 11.2 Å². The van der Waals surface area contributed by atoms with E-state index in [4.69, 9.17) is 5.11 Å². The van der Waals surface area contributed by atoms with Crippen molar-refractivity contribution in [2.75, 3.05) is 13.1 Å². The molecule has 1 fully saturated rings. The van der Waals surface area contributed by atoms with Gasteiger partial charge in [-0.25, -0.2) is 4.79 Å². The Kier molecular flexibility index (Phi) is 5.54. The lowest BCUT2D eigenvalue weighted by Crippen LogP contribution is -2.47. The number of amides is 1. The van der Waals surface area contributed by atoms with E-state index in [1.54, 1.807) is 0 Å². The third-order valence-electron chi connectivity index (χ3n) is 4.75. The largest absolute Gasteiger partial charge is 0.481 e. The minimum atomic E-state index is -0.936. The van der Waals surface area contributed by atoms with Crippen LogP contribution in [0, 0.1) is 5.92 Å². The molecule has 2 aromatic rings. The summed E-state index contributed by atoms with van der Waals surface area (Å²) in [7, 11) is 0. The molecular formula is C19H21N3O5. The number of likely N-dealkylation sites (tertiary alicyclic amines) is 1. The van der Waals surface area contributed by atoms with E-state index < -0.39 is 29.0 Å². The Balaban J connectivity index is 1.79. The standard InChI is InChI=1S/C19H21N3O5/c23-16-8-10-21(11-14-5-2-1-3-6-14)19(27)22(16)13-17(24)20-9-4-7-15(12-20)18(25)26/h1-3,5-6,8,10,15H,4,7,9,11-13H2,(H,25,26)/t15-/m1/s1. The molecule has 1 amide bonds. The number of aliphatic carboxylic acids is 1. The average molecular weight is 371 g/mol. The quantitative estimate of drug-likeness (QED) is 0.819. The number of benzene rings is 1. The van der Waals surface area contributed by atoms with Gasteiger partial charge in [0.25, 0.3) is 5.56 Å². The monoisotopic (exact) mass is 371 g/mol. The van der Waals surface area contributed by atoms with Gasteiger partial charge in [0.1, 0.15) is 6.54 Å². The van der Waals surface area contributed by atoms with Gasteiger partial charge < -0.3 is 10.0 Å². The smallest absolute Gasteiger partial charge is 0.331 e. The van der Waals surface area contributed by atoms with Gasteiger partial charge in [-0.2, -0.15) is 0 Å². The lowest BCUT2D eigenvalue weighted by Gasteiger charge is -2.30. The van der Waals surface area contributed by atoms with Crippen molar-refractivity contribution in [1.82, 2.24) is 14.0 Å². The van der Waals surface area contributed by atoms with E-state index in [2.05, 4.69) is 0 Å². The minimum Gasteiger partial charge on any atom is -0.481 e. The highest BCUT2D eigenvalue weighted by Gasteiger charge is 2.28. The lowest BCUT2D eigenvalue weighted by molar-refractivity contribution is -0.145. The number of piperidine rings is 1. The summed E-state index contributed by atoms with van der Waals surface area (Å²) in [5.41, 5.74) is -0.215. The Labute approximate surface area is 155 Å². The Morgan fingerprint density at radius 3 is 2.56 bits per heavy atom. The Bertz CT molecular complexity index is 948. The second-order valence-electron chi connectivity index (χ2n) is 6.65. The highest BCUT2D eigenvalue weighted by Crippen LogP contribution is 2.16. The molecule has 142 valence electrons. The molecule has 0 spiro atoms. The van der Waals surface area contributed by atoms with Gasteiger partial charge in [0.2, 0.25) is 5.91 Å². The summed E-state index contributed by atoms with van der Waals surface area (Å²) in [6.07, 6.45) is 2.53. The van der Waals surface area contributed by atoms with Crippen LogP contribution in [0.2, 0.25) is 0 Å². The van der Waals surface area contributed by atoms with E-state index in [0.29, 0.717) is 25.9 Å². The lowest BCUT2D eigenvalue weighted by atomic mass is 9.98. The predicted molar refractivity (Wildman–Crippen MR) is 97.4 cm³/mol. The molecule has 1 aliphatic heterocycles. The van der Waals surface area contributed by atoms with Crippen LogP contribution in [0.1, 0.15) is 18.4 Å². The minimum absolute atomic E-state index is 0.105. The van der Waals surface area contributed by atoms with Gasteiger partial charge in [0, 0.05) is 25.4 Å². The normalized spacial score (nSPS) is 16.9. The number of hydrogen-bond donors (Lipinski definition) is 1. The Morgan fingerprint density at radius 2 is 1.85 bits per heavy atom. The fraction of sp³-hybridized carbons (Fsp3) is 0.368. The third kappa shape index (κ3) is 4.33. The van der Waals surface area contributed by atoms with E-state index in [9.17, 15) is 19.2 Å². The third-order valence-corrected chi connectivity index (χ3v) is 4.75. The molecule has 1 saturated heterocycles. The maximum Gasteiger partial charge on any atom is 0.331 e. The zero-order valence-electron chi connectivity index (χ0n) is 14.8. The first kappa shape index (κ1) is 18.6. The van der Waals surface area contributed by atoms with Crippen molar-refractivity contribution in [3.63, 3.8) is 0 Å². The van der Waals surface area contributed by atoms with Gasteiger partial charge >= 0.3 is 11.7 Å². The first-order chi connectivity index (χ1) is 13.0. The fourth-order valence-electron chi connectivity index (χ4n) is 3.24. The number of hydrogen-bond acceptors (Lipinski definition) is 4. The van der Waals surface area contributed by atoms with E-state index in [0.717, 1.165) is 10.1 Å². The van der Waals surface area contributed by atoms with Gasteiger partial charge in [0.15, 0.2) is 0 Å². The summed E-state index contributed by atoms with van der Waals surface area (Å²) >= 11 is 0. The van der Waals surface area contributed by atoms with Crippen molar-refractivity contribution in [2.45, 2.75) is 25.9 Å². The molecule has 1 aromatic heterocycles. The molecule has 1 aromatic carbocycles. The number of aromatic nitrogens is 2. The average Bonchev–Trinajstić information content (AvgIpc) is 2.68. The summed E-state index contributed by atoms with van der Waals surface area (Å²) < 4.78 is 2.27. The van der Waals surface area contributed by atoms with Gasteiger partial charge in [-0.3, -0.25) is 23.5 Å². The molecule has 8 nitrogen and oxygen atoms in total.